The molecule has 104 valence electrons. The molecule has 0 heterocycles. The summed E-state index contributed by atoms with van der Waals surface area (Å²) in [5.74, 6) is 0.176. The molecule has 0 aliphatic heterocycles. The fourth-order valence-electron chi connectivity index (χ4n) is 3.36. The Labute approximate surface area is 110 Å². The summed E-state index contributed by atoms with van der Waals surface area (Å²) >= 11 is 0. The van der Waals surface area contributed by atoms with Crippen molar-refractivity contribution >= 4 is 5.91 Å². The average Bonchev–Trinajstić information content (AvgIpc) is 2.58. The number of aliphatic hydroxyl groups excluding tert-OH is 1. The predicted octanol–water partition coefficient (Wildman–Crippen LogP) is 2.77. The van der Waals surface area contributed by atoms with Crippen molar-refractivity contribution in [3.8, 4) is 0 Å². The molecule has 0 aromatic rings. The lowest BCUT2D eigenvalue weighted by Gasteiger charge is -2.33. The molecule has 0 aromatic carbocycles. The maximum Gasteiger partial charge on any atom is 0.226 e. The van der Waals surface area contributed by atoms with Crippen molar-refractivity contribution < 1.29 is 9.90 Å². The van der Waals surface area contributed by atoms with E-state index in [2.05, 4.69) is 12.2 Å². The highest BCUT2D eigenvalue weighted by molar-refractivity contribution is 5.82. The van der Waals surface area contributed by atoms with Crippen LogP contribution < -0.4 is 5.32 Å². The van der Waals surface area contributed by atoms with Gasteiger partial charge in [-0.15, -0.1) is 0 Å². The molecule has 2 N–H and O–H groups in total. The minimum atomic E-state index is -0.336. The van der Waals surface area contributed by atoms with E-state index >= 15 is 0 Å². The molecule has 18 heavy (non-hydrogen) atoms. The molecule has 2 unspecified atom stereocenters. The van der Waals surface area contributed by atoms with Gasteiger partial charge in [0.1, 0.15) is 0 Å². The zero-order valence-electron chi connectivity index (χ0n) is 11.6. The molecule has 2 rings (SSSR count). The van der Waals surface area contributed by atoms with Gasteiger partial charge in [-0.05, 0) is 25.7 Å². The highest BCUT2D eigenvalue weighted by Crippen LogP contribution is 2.35. The zero-order chi connectivity index (χ0) is 13.0. The predicted molar refractivity (Wildman–Crippen MR) is 72.2 cm³/mol. The van der Waals surface area contributed by atoms with Crippen LogP contribution >= 0.6 is 0 Å². The Morgan fingerprint density at radius 2 is 1.67 bits per heavy atom. The Hall–Kier alpha value is -0.570. The van der Waals surface area contributed by atoms with Crippen LogP contribution in [0.5, 0.6) is 0 Å². The Kier molecular flexibility index (Phi) is 4.66. The van der Waals surface area contributed by atoms with Crippen LogP contribution in [0.15, 0.2) is 0 Å². The molecule has 0 aromatic heterocycles. The van der Waals surface area contributed by atoms with Crippen LogP contribution in [-0.2, 0) is 4.79 Å². The standard InChI is InChI=1S/C15H27NO2/c1-15(10-6-2-3-7-11-15)14(18)16-12-8-4-5-9-13(12)17/h12-13,17H,2-11H2,1H3,(H,16,18). The van der Waals surface area contributed by atoms with Crippen LogP contribution in [0, 0.1) is 5.41 Å². The summed E-state index contributed by atoms with van der Waals surface area (Å²) in [7, 11) is 0. The molecular weight excluding hydrogens is 226 g/mol. The Balaban J connectivity index is 1.92. The highest BCUT2D eigenvalue weighted by Gasteiger charge is 2.36. The SMILES string of the molecule is CC1(C(=O)NC2CCCCC2O)CCCCCC1. The molecule has 2 aliphatic rings. The van der Waals surface area contributed by atoms with Crippen molar-refractivity contribution in [2.75, 3.05) is 0 Å². The molecule has 0 bridgehead atoms. The number of aliphatic hydroxyl groups is 1. The van der Waals surface area contributed by atoms with E-state index in [1.807, 2.05) is 0 Å². The van der Waals surface area contributed by atoms with Gasteiger partial charge in [0.25, 0.3) is 0 Å². The molecule has 3 heteroatoms. The molecular formula is C15H27NO2. The van der Waals surface area contributed by atoms with Crippen molar-refractivity contribution in [3.05, 3.63) is 0 Å². The fourth-order valence-corrected chi connectivity index (χ4v) is 3.36. The third kappa shape index (κ3) is 3.25. The first-order valence-electron chi connectivity index (χ1n) is 7.61. The van der Waals surface area contributed by atoms with Crippen LogP contribution in [0.25, 0.3) is 0 Å². The van der Waals surface area contributed by atoms with Gasteiger partial charge < -0.3 is 10.4 Å². The van der Waals surface area contributed by atoms with E-state index in [1.54, 1.807) is 0 Å². The van der Waals surface area contributed by atoms with Gasteiger partial charge in [0.05, 0.1) is 12.1 Å². The molecule has 2 saturated carbocycles. The summed E-state index contributed by atoms with van der Waals surface area (Å²) in [6.45, 7) is 2.10. The van der Waals surface area contributed by atoms with Gasteiger partial charge in [-0.2, -0.15) is 0 Å². The molecule has 2 fully saturated rings. The first-order chi connectivity index (χ1) is 8.62. The van der Waals surface area contributed by atoms with E-state index in [-0.39, 0.29) is 23.5 Å². The van der Waals surface area contributed by atoms with Crippen molar-refractivity contribution in [1.82, 2.24) is 5.32 Å². The number of carbonyl (C=O) groups excluding carboxylic acids is 1. The van der Waals surface area contributed by atoms with E-state index in [4.69, 9.17) is 0 Å². The van der Waals surface area contributed by atoms with E-state index in [0.717, 1.165) is 51.4 Å². The summed E-state index contributed by atoms with van der Waals surface area (Å²) < 4.78 is 0. The monoisotopic (exact) mass is 253 g/mol. The van der Waals surface area contributed by atoms with E-state index < -0.39 is 0 Å². The van der Waals surface area contributed by atoms with Crippen LogP contribution in [-0.4, -0.2) is 23.2 Å². The van der Waals surface area contributed by atoms with Gasteiger partial charge in [-0.25, -0.2) is 0 Å². The van der Waals surface area contributed by atoms with Gasteiger partial charge in [0.15, 0.2) is 0 Å². The molecule has 3 nitrogen and oxygen atoms in total. The summed E-state index contributed by atoms with van der Waals surface area (Å²) in [6.07, 6.45) is 10.5. The Morgan fingerprint density at radius 1 is 1.06 bits per heavy atom. The van der Waals surface area contributed by atoms with Crippen LogP contribution in [0.1, 0.15) is 71.1 Å². The second kappa shape index (κ2) is 6.05. The summed E-state index contributed by atoms with van der Waals surface area (Å²) in [6, 6.07) is -0.00803. The first-order valence-corrected chi connectivity index (χ1v) is 7.61. The third-order valence-electron chi connectivity index (χ3n) is 4.80. The molecule has 0 saturated heterocycles. The lowest BCUT2D eigenvalue weighted by Crippen LogP contribution is -2.50. The zero-order valence-corrected chi connectivity index (χ0v) is 11.6. The molecule has 0 spiro atoms. The number of hydrogen-bond acceptors (Lipinski definition) is 2. The largest absolute Gasteiger partial charge is 0.391 e. The molecule has 2 atom stereocenters. The smallest absolute Gasteiger partial charge is 0.226 e. The molecule has 0 radical (unpaired) electrons. The Bertz CT molecular complexity index is 282. The van der Waals surface area contributed by atoms with Crippen LogP contribution in [0.4, 0.5) is 0 Å². The maximum atomic E-state index is 12.5. The van der Waals surface area contributed by atoms with Crippen molar-refractivity contribution in [2.45, 2.75) is 83.3 Å². The first kappa shape index (κ1) is 13.9. The topological polar surface area (TPSA) is 49.3 Å². The van der Waals surface area contributed by atoms with Gasteiger partial charge >= 0.3 is 0 Å². The maximum absolute atomic E-state index is 12.5. The van der Waals surface area contributed by atoms with E-state index in [9.17, 15) is 9.90 Å². The van der Waals surface area contributed by atoms with Gasteiger partial charge in [-0.3, -0.25) is 4.79 Å². The number of rotatable bonds is 2. The van der Waals surface area contributed by atoms with Crippen LogP contribution in [0.2, 0.25) is 0 Å². The normalized spacial score (nSPS) is 32.6. The fraction of sp³-hybridized carbons (Fsp3) is 0.933. The third-order valence-corrected chi connectivity index (χ3v) is 4.80. The molecule has 2 aliphatic carbocycles. The van der Waals surface area contributed by atoms with Crippen molar-refractivity contribution in [1.29, 1.82) is 0 Å². The van der Waals surface area contributed by atoms with Crippen LogP contribution in [0.3, 0.4) is 0 Å². The lowest BCUT2D eigenvalue weighted by molar-refractivity contribution is -0.133. The summed E-state index contributed by atoms with van der Waals surface area (Å²) in [5.41, 5.74) is -0.201. The number of carbonyl (C=O) groups is 1. The lowest BCUT2D eigenvalue weighted by atomic mass is 9.81. The van der Waals surface area contributed by atoms with Crippen molar-refractivity contribution in [3.63, 3.8) is 0 Å². The van der Waals surface area contributed by atoms with E-state index in [1.165, 1.54) is 12.8 Å². The quantitative estimate of drug-likeness (QED) is 0.743. The van der Waals surface area contributed by atoms with Crippen molar-refractivity contribution in [2.24, 2.45) is 5.41 Å². The van der Waals surface area contributed by atoms with Gasteiger partial charge in [0, 0.05) is 5.41 Å². The van der Waals surface area contributed by atoms with E-state index in [0.29, 0.717) is 0 Å². The second-order valence-corrected chi connectivity index (χ2v) is 6.41. The molecule has 1 amide bonds. The average molecular weight is 253 g/mol. The highest BCUT2D eigenvalue weighted by atomic mass is 16.3. The second-order valence-electron chi connectivity index (χ2n) is 6.41. The minimum absolute atomic E-state index is 0.00803. The van der Waals surface area contributed by atoms with Gasteiger partial charge in [-0.1, -0.05) is 45.4 Å². The number of nitrogens with one attached hydrogen (secondary N) is 1. The summed E-state index contributed by atoms with van der Waals surface area (Å²) in [4.78, 5) is 12.5. The summed E-state index contributed by atoms with van der Waals surface area (Å²) in [5, 5.41) is 13.1. The minimum Gasteiger partial charge on any atom is -0.391 e. The van der Waals surface area contributed by atoms with Gasteiger partial charge in [0.2, 0.25) is 5.91 Å². The number of amides is 1. The Morgan fingerprint density at radius 3 is 2.28 bits per heavy atom. The number of hydrogen-bond donors (Lipinski definition) is 2.